The fourth-order valence-electron chi connectivity index (χ4n) is 3.36. The van der Waals surface area contributed by atoms with Gasteiger partial charge in [-0.05, 0) is 31.1 Å². The van der Waals surface area contributed by atoms with E-state index in [1.807, 2.05) is 4.90 Å². The minimum atomic E-state index is -0.0333. The zero-order valence-corrected chi connectivity index (χ0v) is 13.3. The molecule has 2 unspecified atom stereocenters. The van der Waals surface area contributed by atoms with Crippen molar-refractivity contribution < 1.29 is 9.59 Å². The van der Waals surface area contributed by atoms with Crippen LogP contribution in [0.25, 0.3) is 0 Å². The van der Waals surface area contributed by atoms with Crippen molar-refractivity contribution in [2.45, 2.75) is 54.4 Å². The summed E-state index contributed by atoms with van der Waals surface area (Å²) in [6.07, 6.45) is 1.88. The van der Waals surface area contributed by atoms with Gasteiger partial charge < -0.3 is 4.90 Å². The Labute approximate surface area is 117 Å². The molecular formula is C16H29NO2. The van der Waals surface area contributed by atoms with Crippen LogP contribution in [0, 0.1) is 23.2 Å². The molecule has 1 aliphatic heterocycles. The number of hydrogen-bond acceptors (Lipinski definition) is 2. The highest BCUT2D eigenvalue weighted by Crippen LogP contribution is 2.34. The predicted octanol–water partition coefficient (Wildman–Crippen LogP) is 3.13. The fourth-order valence-corrected chi connectivity index (χ4v) is 3.36. The molecule has 3 heteroatoms. The third-order valence-corrected chi connectivity index (χ3v) is 4.17. The third-order valence-electron chi connectivity index (χ3n) is 4.17. The Hall–Kier alpha value is -0.860. The van der Waals surface area contributed by atoms with Gasteiger partial charge in [0.1, 0.15) is 5.78 Å². The van der Waals surface area contributed by atoms with E-state index in [-0.39, 0.29) is 28.9 Å². The lowest BCUT2D eigenvalue weighted by Crippen LogP contribution is -2.48. The Morgan fingerprint density at radius 1 is 1.21 bits per heavy atom. The highest BCUT2D eigenvalue weighted by atomic mass is 16.2. The minimum Gasteiger partial charge on any atom is -0.342 e. The van der Waals surface area contributed by atoms with Crippen LogP contribution in [0.5, 0.6) is 0 Å². The van der Waals surface area contributed by atoms with Crippen LogP contribution in [0.1, 0.15) is 54.4 Å². The van der Waals surface area contributed by atoms with Crippen molar-refractivity contribution in [3.63, 3.8) is 0 Å². The van der Waals surface area contributed by atoms with Gasteiger partial charge in [-0.15, -0.1) is 0 Å². The summed E-state index contributed by atoms with van der Waals surface area (Å²) in [7, 11) is 0. The molecule has 110 valence electrons. The molecule has 0 bridgehead atoms. The molecule has 0 N–H and O–H groups in total. The third kappa shape index (κ3) is 4.05. The lowest BCUT2D eigenvalue weighted by molar-refractivity contribution is -0.143. The second kappa shape index (κ2) is 6.06. The second-order valence-electron chi connectivity index (χ2n) is 7.32. The van der Waals surface area contributed by atoms with Crippen LogP contribution in [0.2, 0.25) is 0 Å². The van der Waals surface area contributed by atoms with Crippen LogP contribution in [0.15, 0.2) is 0 Å². The largest absolute Gasteiger partial charge is 0.342 e. The highest BCUT2D eigenvalue weighted by molar-refractivity contribution is 5.82. The Balaban J connectivity index is 2.83. The first kappa shape index (κ1) is 16.2. The molecule has 2 atom stereocenters. The summed E-state index contributed by atoms with van der Waals surface area (Å²) in [6, 6.07) is 0. The number of carbonyl (C=O) groups is 2. The zero-order chi connectivity index (χ0) is 14.8. The Bertz CT molecular complexity index is 341. The van der Waals surface area contributed by atoms with E-state index in [0.717, 1.165) is 19.4 Å². The average molecular weight is 267 g/mol. The Morgan fingerprint density at radius 2 is 1.79 bits per heavy atom. The van der Waals surface area contributed by atoms with Crippen molar-refractivity contribution >= 4 is 11.7 Å². The molecule has 0 radical (unpaired) electrons. The number of ketones is 1. The quantitative estimate of drug-likeness (QED) is 0.788. The van der Waals surface area contributed by atoms with Crippen LogP contribution in [0.4, 0.5) is 0 Å². The molecule has 1 heterocycles. The second-order valence-corrected chi connectivity index (χ2v) is 7.32. The van der Waals surface area contributed by atoms with Crippen LogP contribution in [-0.4, -0.2) is 29.7 Å². The maximum Gasteiger partial charge on any atom is 0.226 e. The van der Waals surface area contributed by atoms with E-state index in [2.05, 4.69) is 34.6 Å². The molecular weight excluding hydrogens is 238 g/mol. The van der Waals surface area contributed by atoms with Gasteiger partial charge in [-0.3, -0.25) is 9.59 Å². The van der Waals surface area contributed by atoms with Gasteiger partial charge in [-0.1, -0.05) is 34.6 Å². The van der Waals surface area contributed by atoms with Gasteiger partial charge in [0, 0.05) is 24.9 Å². The SMILES string of the molecule is CC(=O)C1CCCN(C(=O)C(C(C)C)C(C)(C)C)C1. The molecule has 0 spiro atoms. The van der Waals surface area contributed by atoms with Crippen molar-refractivity contribution in [2.24, 2.45) is 23.2 Å². The van der Waals surface area contributed by atoms with Gasteiger partial charge in [-0.2, -0.15) is 0 Å². The predicted molar refractivity (Wildman–Crippen MR) is 77.8 cm³/mol. The van der Waals surface area contributed by atoms with Crippen LogP contribution in [-0.2, 0) is 9.59 Å². The molecule has 3 nitrogen and oxygen atoms in total. The van der Waals surface area contributed by atoms with Crippen molar-refractivity contribution in [3.05, 3.63) is 0 Å². The number of piperidine rings is 1. The summed E-state index contributed by atoms with van der Waals surface area (Å²) in [5, 5.41) is 0. The molecule has 0 saturated carbocycles. The molecule has 0 aromatic heterocycles. The monoisotopic (exact) mass is 267 g/mol. The number of Topliss-reactive ketones (excluding diaryl/α,β-unsaturated/α-hetero) is 1. The standard InChI is InChI=1S/C16H29NO2/c1-11(2)14(16(4,5)6)15(19)17-9-7-8-13(10-17)12(3)18/h11,13-14H,7-10H2,1-6H3. The van der Waals surface area contributed by atoms with Crippen molar-refractivity contribution in [1.29, 1.82) is 0 Å². The van der Waals surface area contributed by atoms with Gasteiger partial charge in [-0.25, -0.2) is 0 Å². The van der Waals surface area contributed by atoms with Crippen LogP contribution < -0.4 is 0 Å². The summed E-state index contributed by atoms with van der Waals surface area (Å²) in [6.45, 7) is 13.7. The molecule has 1 amide bonds. The van der Waals surface area contributed by atoms with E-state index in [4.69, 9.17) is 0 Å². The van der Waals surface area contributed by atoms with Gasteiger partial charge in [0.05, 0.1) is 0 Å². The van der Waals surface area contributed by atoms with Crippen LogP contribution in [0.3, 0.4) is 0 Å². The molecule has 19 heavy (non-hydrogen) atoms. The van der Waals surface area contributed by atoms with Gasteiger partial charge in [0.2, 0.25) is 5.91 Å². The van der Waals surface area contributed by atoms with E-state index in [0.29, 0.717) is 12.5 Å². The number of amides is 1. The molecule has 1 rings (SSSR count). The summed E-state index contributed by atoms with van der Waals surface area (Å²) < 4.78 is 0. The van der Waals surface area contributed by atoms with Gasteiger partial charge in [0.25, 0.3) is 0 Å². The molecule has 1 fully saturated rings. The Kier molecular flexibility index (Phi) is 5.17. The van der Waals surface area contributed by atoms with Crippen molar-refractivity contribution in [3.8, 4) is 0 Å². The number of rotatable bonds is 3. The zero-order valence-electron chi connectivity index (χ0n) is 13.3. The summed E-state index contributed by atoms with van der Waals surface area (Å²) in [5.74, 6) is 0.844. The average Bonchev–Trinajstić information content (AvgIpc) is 2.26. The number of likely N-dealkylation sites (tertiary alicyclic amines) is 1. The molecule has 0 aromatic rings. The maximum absolute atomic E-state index is 12.8. The maximum atomic E-state index is 12.8. The summed E-state index contributed by atoms with van der Waals surface area (Å²) in [4.78, 5) is 26.2. The van der Waals surface area contributed by atoms with Gasteiger partial charge >= 0.3 is 0 Å². The Morgan fingerprint density at radius 3 is 2.21 bits per heavy atom. The molecule has 0 aromatic carbocycles. The first-order valence-corrected chi connectivity index (χ1v) is 7.43. The fraction of sp³-hybridized carbons (Fsp3) is 0.875. The molecule has 1 saturated heterocycles. The first-order valence-electron chi connectivity index (χ1n) is 7.43. The molecule has 1 aliphatic rings. The summed E-state index contributed by atoms with van der Waals surface area (Å²) in [5.41, 5.74) is -0.0333. The van der Waals surface area contributed by atoms with Crippen LogP contribution >= 0.6 is 0 Å². The van der Waals surface area contributed by atoms with Crippen molar-refractivity contribution in [1.82, 2.24) is 4.90 Å². The lowest BCUT2D eigenvalue weighted by Gasteiger charge is -2.39. The smallest absolute Gasteiger partial charge is 0.226 e. The normalized spacial score (nSPS) is 22.5. The van der Waals surface area contributed by atoms with Gasteiger partial charge in [0.15, 0.2) is 0 Å². The first-order chi connectivity index (χ1) is 8.64. The summed E-state index contributed by atoms with van der Waals surface area (Å²) >= 11 is 0. The van der Waals surface area contributed by atoms with E-state index in [9.17, 15) is 9.59 Å². The number of nitrogens with zero attached hydrogens (tertiary/aromatic N) is 1. The van der Waals surface area contributed by atoms with E-state index < -0.39 is 0 Å². The number of hydrogen-bond donors (Lipinski definition) is 0. The van der Waals surface area contributed by atoms with Crippen molar-refractivity contribution in [2.75, 3.05) is 13.1 Å². The highest BCUT2D eigenvalue weighted by Gasteiger charge is 2.38. The lowest BCUT2D eigenvalue weighted by atomic mass is 9.73. The van der Waals surface area contributed by atoms with E-state index >= 15 is 0 Å². The minimum absolute atomic E-state index is 0.0261. The topological polar surface area (TPSA) is 37.4 Å². The molecule has 0 aliphatic carbocycles. The van der Waals surface area contributed by atoms with E-state index in [1.165, 1.54) is 0 Å². The number of carbonyl (C=O) groups excluding carboxylic acids is 2. The van der Waals surface area contributed by atoms with E-state index in [1.54, 1.807) is 6.92 Å².